The number of rotatable bonds is 10. The quantitative estimate of drug-likeness (QED) is 0.129. The van der Waals surface area contributed by atoms with Crippen molar-refractivity contribution < 1.29 is 29.7 Å². The molecule has 3 aromatic carbocycles. The topological polar surface area (TPSA) is 138 Å². The number of hydrogen-bond donors (Lipinski definition) is 3. The second kappa shape index (κ2) is 10.9. The second-order valence-corrected chi connectivity index (χ2v) is 8.94. The van der Waals surface area contributed by atoms with E-state index in [0.717, 1.165) is 27.1 Å². The van der Waals surface area contributed by atoms with Crippen molar-refractivity contribution in [1.29, 1.82) is 0 Å². The van der Waals surface area contributed by atoms with Crippen molar-refractivity contribution >= 4 is 39.2 Å². The molecule has 0 unspecified atom stereocenters. The number of hydrogen-bond acceptors (Lipinski definition) is 7. The van der Waals surface area contributed by atoms with Gasteiger partial charge < -0.3 is 20.2 Å². The van der Waals surface area contributed by atoms with Crippen LogP contribution in [0.25, 0.3) is 10.2 Å². The van der Waals surface area contributed by atoms with Crippen LogP contribution in [-0.4, -0.2) is 44.2 Å². The number of aliphatic carboxylic acids is 2. The molecule has 0 spiro atoms. The van der Waals surface area contributed by atoms with Gasteiger partial charge in [-0.2, -0.15) is 0 Å². The Morgan fingerprint density at radius 2 is 1.64 bits per heavy atom. The lowest BCUT2D eigenvalue weighted by molar-refractivity contribution is -0.154. The predicted octanol–water partition coefficient (Wildman–Crippen LogP) is 3.70. The van der Waals surface area contributed by atoms with Crippen LogP contribution < -0.4 is 9.61 Å². The van der Waals surface area contributed by atoms with Gasteiger partial charge in [-0.3, -0.25) is 19.0 Å². The van der Waals surface area contributed by atoms with Crippen molar-refractivity contribution in [3.05, 3.63) is 99.2 Å². The zero-order valence-corrected chi connectivity index (χ0v) is 19.7. The van der Waals surface area contributed by atoms with Crippen molar-refractivity contribution in [1.82, 2.24) is 4.57 Å². The van der Waals surface area contributed by atoms with Crippen molar-refractivity contribution in [2.75, 3.05) is 6.61 Å². The number of ether oxygens (including phenoxy) is 1. The van der Waals surface area contributed by atoms with E-state index in [2.05, 4.69) is 5.16 Å². The Labute approximate surface area is 209 Å². The Kier molecular flexibility index (Phi) is 7.45. The zero-order valence-electron chi connectivity index (χ0n) is 18.9. The van der Waals surface area contributed by atoms with Crippen LogP contribution in [0.5, 0.6) is 5.75 Å². The second-order valence-electron chi connectivity index (χ2n) is 7.94. The number of oxime groups is 1. The third-order valence-corrected chi connectivity index (χ3v) is 6.57. The van der Waals surface area contributed by atoms with Gasteiger partial charge in [-0.25, -0.2) is 0 Å². The van der Waals surface area contributed by atoms with E-state index in [4.69, 9.17) is 14.9 Å². The van der Waals surface area contributed by atoms with Crippen molar-refractivity contribution in [3.8, 4) is 5.75 Å². The third kappa shape index (κ3) is 5.44. The van der Waals surface area contributed by atoms with Crippen LogP contribution in [0.2, 0.25) is 0 Å². The van der Waals surface area contributed by atoms with E-state index < -0.39 is 17.9 Å². The lowest BCUT2D eigenvalue weighted by Crippen LogP contribution is -2.25. The average Bonchev–Trinajstić information content (AvgIpc) is 3.18. The fraction of sp³-hybridized carbons (Fsp3) is 0.154. The number of thiazole rings is 1. The van der Waals surface area contributed by atoms with Gasteiger partial charge in [-0.15, -0.1) is 0 Å². The molecule has 1 aromatic heterocycles. The largest absolute Gasteiger partial charge is 0.492 e. The molecule has 0 saturated carbocycles. The van der Waals surface area contributed by atoms with Gasteiger partial charge in [0.1, 0.15) is 18.1 Å². The molecule has 0 saturated heterocycles. The molecule has 3 N–H and O–H groups in total. The Morgan fingerprint density at radius 1 is 0.944 bits per heavy atom. The summed E-state index contributed by atoms with van der Waals surface area (Å²) >= 11 is 1.09. The molecule has 184 valence electrons. The molecule has 1 heterocycles. The molecule has 4 aromatic rings. The molecule has 0 aliphatic heterocycles. The molecule has 0 bridgehead atoms. The summed E-state index contributed by atoms with van der Waals surface area (Å²) in [5.74, 6) is -3.77. The minimum Gasteiger partial charge on any atom is -0.492 e. The van der Waals surface area contributed by atoms with Gasteiger partial charge in [-0.1, -0.05) is 65.0 Å². The number of carboxylic acids is 2. The minimum absolute atomic E-state index is 0.129. The maximum atomic E-state index is 12.6. The van der Waals surface area contributed by atoms with Gasteiger partial charge in [0.05, 0.1) is 16.8 Å². The summed E-state index contributed by atoms with van der Waals surface area (Å²) in [6.07, 6.45) is -0.129. The summed E-state index contributed by atoms with van der Waals surface area (Å²) < 4.78 is 8.10. The fourth-order valence-corrected chi connectivity index (χ4v) is 4.75. The molecule has 0 amide bonds. The van der Waals surface area contributed by atoms with Gasteiger partial charge in [-0.05, 0) is 36.2 Å². The lowest BCUT2D eigenvalue weighted by Gasteiger charge is -2.10. The number of benzene rings is 3. The summed E-state index contributed by atoms with van der Waals surface area (Å²) in [4.78, 5) is 34.6. The van der Waals surface area contributed by atoms with E-state index in [1.807, 2.05) is 42.5 Å². The molecule has 10 heteroatoms. The Bertz CT molecular complexity index is 1460. The summed E-state index contributed by atoms with van der Waals surface area (Å²) in [6, 6.07) is 21.2. The molecule has 0 fully saturated rings. The smallest absolute Gasteiger partial charge is 0.318 e. The highest BCUT2D eigenvalue weighted by atomic mass is 32.1. The highest BCUT2D eigenvalue weighted by Gasteiger charge is 2.25. The molecule has 0 aliphatic rings. The van der Waals surface area contributed by atoms with Crippen molar-refractivity contribution in [2.24, 2.45) is 11.1 Å². The van der Waals surface area contributed by atoms with Gasteiger partial charge in [0.2, 0.25) is 0 Å². The first-order chi connectivity index (χ1) is 17.4. The molecular weight excluding hydrogens is 484 g/mol. The summed E-state index contributed by atoms with van der Waals surface area (Å²) in [7, 11) is 0. The molecular formula is C26H22N2O7S. The van der Waals surface area contributed by atoms with Crippen LogP contribution in [-0.2, 0) is 22.6 Å². The molecule has 0 radical (unpaired) electrons. The Hall–Kier alpha value is -4.44. The van der Waals surface area contributed by atoms with E-state index in [0.29, 0.717) is 29.1 Å². The molecule has 9 nitrogen and oxygen atoms in total. The van der Waals surface area contributed by atoms with Gasteiger partial charge >= 0.3 is 16.8 Å². The first-order valence-corrected chi connectivity index (χ1v) is 11.8. The summed E-state index contributed by atoms with van der Waals surface area (Å²) in [6.45, 7) is 0.521. The van der Waals surface area contributed by atoms with E-state index >= 15 is 0 Å². The van der Waals surface area contributed by atoms with Crippen LogP contribution in [0.15, 0.2) is 82.7 Å². The van der Waals surface area contributed by atoms with Gasteiger partial charge in [0.25, 0.3) is 0 Å². The zero-order chi connectivity index (χ0) is 25.7. The maximum absolute atomic E-state index is 12.6. The van der Waals surface area contributed by atoms with Crippen molar-refractivity contribution in [2.45, 2.75) is 13.0 Å². The van der Waals surface area contributed by atoms with Crippen molar-refractivity contribution in [3.63, 3.8) is 0 Å². The normalized spacial score (nSPS) is 11.6. The molecule has 0 aliphatic carbocycles. The van der Waals surface area contributed by atoms with E-state index in [1.165, 1.54) is 0 Å². The fourth-order valence-electron chi connectivity index (χ4n) is 3.80. The minimum atomic E-state index is -1.51. The molecule has 4 rings (SSSR count). The summed E-state index contributed by atoms with van der Waals surface area (Å²) in [5, 5.41) is 31.0. The Balaban J connectivity index is 1.43. The van der Waals surface area contributed by atoms with Crippen LogP contribution >= 0.6 is 11.3 Å². The molecule has 36 heavy (non-hydrogen) atoms. The van der Waals surface area contributed by atoms with E-state index in [1.54, 1.807) is 34.9 Å². The van der Waals surface area contributed by atoms with Crippen LogP contribution in [0, 0.1) is 5.92 Å². The Morgan fingerprint density at radius 3 is 2.28 bits per heavy atom. The number of aromatic nitrogens is 1. The monoisotopic (exact) mass is 506 g/mol. The number of carboxylic acid groups (broad SMARTS) is 2. The van der Waals surface area contributed by atoms with Gasteiger partial charge in [0.15, 0.2) is 5.92 Å². The van der Waals surface area contributed by atoms with Crippen LogP contribution in [0.4, 0.5) is 0 Å². The predicted molar refractivity (Wildman–Crippen MR) is 134 cm³/mol. The SMILES string of the molecule is O=C(O)C(Cc1ccc(OCCn2c(=O)sc3cc(/C(=N/O)c4ccccc4)ccc32)cc1)C(=O)O. The lowest BCUT2D eigenvalue weighted by atomic mass is 10.00. The van der Waals surface area contributed by atoms with E-state index in [-0.39, 0.29) is 17.9 Å². The van der Waals surface area contributed by atoms with Gasteiger partial charge in [0, 0.05) is 11.1 Å². The number of carbonyl (C=O) groups is 2. The highest BCUT2D eigenvalue weighted by molar-refractivity contribution is 7.16. The highest BCUT2D eigenvalue weighted by Crippen LogP contribution is 2.22. The van der Waals surface area contributed by atoms with E-state index in [9.17, 15) is 19.6 Å². The number of nitrogens with zero attached hydrogens (tertiary/aromatic N) is 2. The first-order valence-electron chi connectivity index (χ1n) is 11.0. The van der Waals surface area contributed by atoms with Crippen LogP contribution in [0.3, 0.4) is 0 Å². The first kappa shape index (κ1) is 24.7. The standard InChI is InChI=1S/C26H22N2O7S/c29-24(30)20(25(31)32)14-16-6-9-19(10-7-16)35-13-12-28-21-11-8-18(15-22(21)36-26(28)33)23(27-34)17-4-2-1-3-5-17/h1-11,15,20,34H,12-14H2,(H,29,30)(H,31,32)/b27-23+. The number of fused-ring (bicyclic) bond motifs is 1. The molecule has 0 atom stereocenters. The maximum Gasteiger partial charge on any atom is 0.318 e. The average molecular weight is 507 g/mol. The summed E-state index contributed by atoms with van der Waals surface area (Å²) in [5.41, 5.74) is 3.16. The third-order valence-electron chi connectivity index (χ3n) is 5.63. The van der Waals surface area contributed by atoms with Crippen LogP contribution in [0.1, 0.15) is 16.7 Å².